The minimum absolute atomic E-state index is 0.112. The standard InChI is InChI=1S/C12H21O2/c1-2-3-10-12(13)14-11-8-6-4-5-7-9-11/h10-11H,2-9H2,1H3. The number of esters is 1. The van der Waals surface area contributed by atoms with Crippen molar-refractivity contribution in [1.82, 2.24) is 0 Å². The second kappa shape index (κ2) is 6.86. The maximum absolute atomic E-state index is 11.3. The van der Waals surface area contributed by atoms with E-state index in [1.54, 1.807) is 6.42 Å². The van der Waals surface area contributed by atoms with Gasteiger partial charge in [0.2, 0.25) is 0 Å². The van der Waals surface area contributed by atoms with Crippen LogP contribution in [-0.4, -0.2) is 12.1 Å². The number of carbonyl (C=O) groups is 1. The molecule has 0 spiro atoms. The largest absolute Gasteiger partial charge is 0.462 e. The monoisotopic (exact) mass is 197 g/mol. The molecule has 0 atom stereocenters. The zero-order valence-electron chi connectivity index (χ0n) is 9.13. The number of unbranched alkanes of at least 4 members (excludes halogenated alkanes) is 1. The zero-order chi connectivity index (χ0) is 10.2. The number of ether oxygens (including phenoxy) is 1. The van der Waals surface area contributed by atoms with Crippen LogP contribution in [0.25, 0.3) is 0 Å². The average molecular weight is 197 g/mol. The van der Waals surface area contributed by atoms with Crippen molar-refractivity contribution in [3.8, 4) is 0 Å². The van der Waals surface area contributed by atoms with E-state index in [4.69, 9.17) is 4.74 Å². The fourth-order valence-corrected chi connectivity index (χ4v) is 1.83. The van der Waals surface area contributed by atoms with Gasteiger partial charge in [-0.05, 0) is 32.1 Å². The van der Waals surface area contributed by atoms with Gasteiger partial charge in [0.1, 0.15) is 6.10 Å². The van der Waals surface area contributed by atoms with Crippen LogP contribution < -0.4 is 0 Å². The van der Waals surface area contributed by atoms with Crippen molar-refractivity contribution in [1.29, 1.82) is 0 Å². The summed E-state index contributed by atoms with van der Waals surface area (Å²) in [6.45, 7) is 2.06. The van der Waals surface area contributed by atoms with E-state index in [2.05, 4.69) is 6.92 Å². The van der Waals surface area contributed by atoms with Crippen molar-refractivity contribution in [2.24, 2.45) is 0 Å². The van der Waals surface area contributed by atoms with Gasteiger partial charge in [0.15, 0.2) is 0 Å². The first-order valence-electron chi connectivity index (χ1n) is 5.86. The molecule has 1 aliphatic rings. The molecule has 0 unspecified atom stereocenters. The first-order valence-corrected chi connectivity index (χ1v) is 5.86. The molecule has 0 aromatic carbocycles. The summed E-state index contributed by atoms with van der Waals surface area (Å²) >= 11 is 0. The first kappa shape index (κ1) is 11.5. The van der Waals surface area contributed by atoms with Gasteiger partial charge < -0.3 is 4.74 Å². The molecule has 1 saturated carbocycles. The van der Waals surface area contributed by atoms with Gasteiger partial charge in [0.25, 0.3) is 0 Å². The van der Waals surface area contributed by atoms with Gasteiger partial charge in [0.05, 0.1) is 6.42 Å². The lowest BCUT2D eigenvalue weighted by atomic mass is 10.1. The van der Waals surface area contributed by atoms with E-state index in [1.165, 1.54) is 25.7 Å². The third-order valence-electron chi connectivity index (χ3n) is 2.68. The van der Waals surface area contributed by atoms with Crippen molar-refractivity contribution in [2.75, 3.05) is 0 Å². The Kier molecular flexibility index (Phi) is 5.65. The highest BCUT2D eigenvalue weighted by molar-refractivity contribution is 5.78. The number of rotatable bonds is 4. The van der Waals surface area contributed by atoms with Gasteiger partial charge in [0, 0.05) is 0 Å². The fraction of sp³-hybridized carbons (Fsp3) is 0.833. The van der Waals surface area contributed by atoms with Crippen LogP contribution >= 0.6 is 0 Å². The summed E-state index contributed by atoms with van der Waals surface area (Å²) in [5.41, 5.74) is 0. The van der Waals surface area contributed by atoms with Crippen LogP contribution in [0.2, 0.25) is 0 Å². The van der Waals surface area contributed by atoms with E-state index < -0.39 is 0 Å². The third-order valence-corrected chi connectivity index (χ3v) is 2.68. The fourth-order valence-electron chi connectivity index (χ4n) is 1.83. The predicted octanol–water partition coefficient (Wildman–Crippen LogP) is 3.26. The van der Waals surface area contributed by atoms with E-state index in [9.17, 15) is 4.79 Å². The molecule has 0 saturated heterocycles. The average Bonchev–Trinajstić information content (AvgIpc) is 2.43. The minimum atomic E-state index is -0.112. The van der Waals surface area contributed by atoms with Crippen molar-refractivity contribution in [2.45, 2.75) is 64.4 Å². The van der Waals surface area contributed by atoms with Gasteiger partial charge in [-0.15, -0.1) is 0 Å². The molecule has 2 heteroatoms. The minimum Gasteiger partial charge on any atom is -0.462 e. The molecule has 0 aromatic heterocycles. The molecule has 0 amide bonds. The summed E-state index contributed by atoms with van der Waals surface area (Å²) in [6, 6.07) is 0. The molecular weight excluding hydrogens is 176 g/mol. The van der Waals surface area contributed by atoms with Crippen molar-refractivity contribution >= 4 is 5.97 Å². The molecule has 81 valence electrons. The van der Waals surface area contributed by atoms with Crippen LogP contribution in [0.3, 0.4) is 0 Å². The smallest absolute Gasteiger partial charge is 0.310 e. The van der Waals surface area contributed by atoms with Crippen LogP contribution in [0.1, 0.15) is 58.3 Å². The molecule has 1 rings (SSSR count). The van der Waals surface area contributed by atoms with Crippen LogP contribution in [-0.2, 0) is 9.53 Å². The Morgan fingerprint density at radius 1 is 1.29 bits per heavy atom. The van der Waals surface area contributed by atoms with Gasteiger partial charge >= 0.3 is 5.97 Å². The zero-order valence-corrected chi connectivity index (χ0v) is 9.13. The summed E-state index contributed by atoms with van der Waals surface area (Å²) < 4.78 is 5.38. The number of hydrogen-bond acceptors (Lipinski definition) is 2. The molecule has 0 N–H and O–H groups in total. The summed E-state index contributed by atoms with van der Waals surface area (Å²) in [5.74, 6) is -0.112. The highest BCUT2D eigenvalue weighted by Gasteiger charge is 2.16. The lowest BCUT2D eigenvalue weighted by molar-refractivity contribution is -0.145. The molecular formula is C12H21O2. The second-order valence-corrected chi connectivity index (χ2v) is 4.04. The lowest BCUT2D eigenvalue weighted by Gasteiger charge is -2.14. The molecule has 2 nitrogen and oxygen atoms in total. The van der Waals surface area contributed by atoms with E-state index in [0.717, 1.165) is 25.7 Å². The van der Waals surface area contributed by atoms with Crippen LogP contribution in [0.5, 0.6) is 0 Å². The van der Waals surface area contributed by atoms with E-state index in [-0.39, 0.29) is 12.1 Å². The molecule has 0 bridgehead atoms. The summed E-state index contributed by atoms with van der Waals surface area (Å²) in [4.78, 5) is 11.3. The maximum atomic E-state index is 11.3. The molecule has 0 aromatic rings. The summed E-state index contributed by atoms with van der Waals surface area (Å²) in [6.07, 6.45) is 10.9. The quantitative estimate of drug-likeness (QED) is 0.511. The van der Waals surface area contributed by atoms with Crippen molar-refractivity contribution in [3.63, 3.8) is 0 Å². The van der Waals surface area contributed by atoms with Gasteiger partial charge in [-0.2, -0.15) is 0 Å². The molecule has 14 heavy (non-hydrogen) atoms. The van der Waals surface area contributed by atoms with Crippen molar-refractivity contribution in [3.05, 3.63) is 6.42 Å². The third kappa shape index (κ3) is 4.64. The Bertz CT molecular complexity index is 158. The first-order chi connectivity index (χ1) is 6.83. The normalized spacial score (nSPS) is 18.9. The lowest BCUT2D eigenvalue weighted by Crippen LogP contribution is -2.17. The Balaban J connectivity index is 2.17. The van der Waals surface area contributed by atoms with Gasteiger partial charge in [-0.3, -0.25) is 4.79 Å². The van der Waals surface area contributed by atoms with E-state index in [1.807, 2.05) is 0 Å². The molecule has 1 radical (unpaired) electrons. The van der Waals surface area contributed by atoms with Gasteiger partial charge in [-0.25, -0.2) is 0 Å². The summed E-state index contributed by atoms with van der Waals surface area (Å²) in [7, 11) is 0. The van der Waals surface area contributed by atoms with Crippen LogP contribution in [0, 0.1) is 6.42 Å². The Morgan fingerprint density at radius 2 is 1.93 bits per heavy atom. The molecule has 1 fully saturated rings. The van der Waals surface area contributed by atoms with Crippen LogP contribution in [0.15, 0.2) is 0 Å². The number of hydrogen-bond donors (Lipinski definition) is 0. The Morgan fingerprint density at radius 3 is 2.50 bits per heavy atom. The van der Waals surface area contributed by atoms with Gasteiger partial charge in [-0.1, -0.05) is 26.2 Å². The molecule has 0 aliphatic heterocycles. The maximum Gasteiger partial charge on any atom is 0.310 e. The predicted molar refractivity (Wildman–Crippen MR) is 56.8 cm³/mol. The Hall–Kier alpha value is -0.530. The highest BCUT2D eigenvalue weighted by atomic mass is 16.5. The summed E-state index contributed by atoms with van der Waals surface area (Å²) in [5, 5.41) is 0. The second-order valence-electron chi connectivity index (χ2n) is 4.04. The topological polar surface area (TPSA) is 26.3 Å². The molecule has 1 aliphatic carbocycles. The highest BCUT2D eigenvalue weighted by Crippen LogP contribution is 2.20. The molecule has 0 heterocycles. The van der Waals surface area contributed by atoms with Crippen molar-refractivity contribution < 1.29 is 9.53 Å². The Labute approximate surface area is 87.0 Å². The number of carbonyl (C=O) groups excluding carboxylic acids is 1. The van der Waals surface area contributed by atoms with E-state index >= 15 is 0 Å². The van der Waals surface area contributed by atoms with Crippen LogP contribution in [0.4, 0.5) is 0 Å². The SMILES string of the molecule is CCC[CH]C(=O)OC1CCCCCC1. The van der Waals surface area contributed by atoms with E-state index in [0.29, 0.717) is 0 Å².